The summed E-state index contributed by atoms with van der Waals surface area (Å²) in [6, 6.07) is 3.02. The third-order valence-electron chi connectivity index (χ3n) is 3.16. The Morgan fingerprint density at radius 2 is 1.86 bits per heavy atom. The monoisotopic (exact) mass is 293 g/mol. The second-order valence-corrected chi connectivity index (χ2v) is 4.32. The highest BCUT2D eigenvalue weighted by Crippen LogP contribution is 2.31. The van der Waals surface area contributed by atoms with Gasteiger partial charge in [0.1, 0.15) is 5.56 Å². The van der Waals surface area contributed by atoms with Crippen LogP contribution >= 0.6 is 0 Å². The number of methoxy groups -OCH3 is 2. The summed E-state index contributed by atoms with van der Waals surface area (Å²) in [4.78, 5) is 23.4. The van der Waals surface area contributed by atoms with Crippen LogP contribution < -0.4 is 14.9 Å². The number of aromatic carboxylic acids is 1. The summed E-state index contributed by atoms with van der Waals surface area (Å²) in [5.41, 5.74) is -0.493. The van der Waals surface area contributed by atoms with Gasteiger partial charge in [-0.1, -0.05) is 0 Å². The van der Waals surface area contributed by atoms with E-state index in [1.807, 2.05) is 0 Å². The number of aliphatic hydroxyl groups excluding tert-OH is 1. The summed E-state index contributed by atoms with van der Waals surface area (Å²) in [6.07, 6.45) is 1.22. The van der Waals surface area contributed by atoms with Gasteiger partial charge in [0, 0.05) is 18.8 Å². The van der Waals surface area contributed by atoms with Gasteiger partial charge in [0.2, 0.25) is 5.43 Å². The number of carboxylic acids is 1. The molecule has 1 aromatic heterocycles. The van der Waals surface area contributed by atoms with Crippen LogP contribution in [0, 0.1) is 0 Å². The van der Waals surface area contributed by atoms with Gasteiger partial charge in [-0.3, -0.25) is 4.79 Å². The molecule has 0 fully saturated rings. The highest BCUT2D eigenvalue weighted by atomic mass is 16.5. The lowest BCUT2D eigenvalue weighted by Crippen LogP contribution is -2.19. The molecule has 1 heterocycles. The topological polar surface area (TPSA) is 98.0 Å². The Morgan fingerprint density at radius 3 is 2.38 bits per heavy atom. The Kier molecular flexibility index (Phi) is 4.13. The first-order valence-corrected chi connectivity index (χ1v) is 6.16. The third kappa shape index (κ3) is 2.55. The van der Waals surface area contributed by atoms with Crippen molar-refractivity contribution in [1.82, 2.24) is 4.57 Å². The molecule has 112 valence electrons. The normalized spacial score (nSPS) is 10.6. The zero-order valence-electron chi connectivity index (χ0n) is 11.6. The second kappa shape index (κ2) is 5.84. The molecule has 0 aliphatic rings. The number of hydrogen-bond donors (Lipinski definition) is 2. The predicted molar refractivity (Wildman–Crippen MR) is 75.4 cm³/mol. The van der Waals surface area contributed by atoms with Crippen LogP contribution in [0.4, 0.5) is 0 Å². The van der Waals surface area contributed by atoms with Crippen molar-refractivity contribution in [2.24, 2.45) is 0 Å². The summed E-state index contributed by atoms with van der Waals surface area (Å²) >= 11 is 0. The van der Waals surface area contributed by atoms with E-state index in [-0.39, 0.29) is 24.1 Å². The van der Waals surface area contributed by atoms with E-state index in [1.54, 1.807) is 6.07 Å². The van der Waals surface area contributed by atoms with Crippen LogP contribution in [0.25, 0.3) is 10.9 Å². The molecule has 0 aliphatic carbocycles. The number of fused-ring (bicyclic) bond motifs is 1. The molecule has 0 amide bonds. The molecule has 0 spiro atoms. The molecule has 0 radical (unpaired) electrons. The van der Waals surface area contributed by atoms with Gasteiger partial charge in [-0.2, -0.15) is 0 Å². The average Bonchev–Trinajstić information content (AvgIpc) is 2.48. The maximum atomic E-state index is 12.2. The van der Waals surface area contributed by atoms with Gasteiger partial charge < -0.3 is 24.3 Å². The Labute approximate surface area is 120 Å². The first kappa shape index (κ1) is 14.9. The number of pyridine rings is 1. The van der Waals surface area contributed by atoms with E-state index in [2.05, 4.69) is 0 Å². The van der Waals surface area contributed by atoms with Gasteiger partial charge in [-0.05, 0) is 6.07 Å². The van der Waals surface area contributed by atoms with Crippen molar-refractivity contribution < 1.29 is 24.5 Å². The van der Waals surface area contributed by atoms with E-state index in [0.29, 0.717) is 17.0 Å². The highest BCUT2D eigenvalue weighted by Gasteiger charge is 2.17. The number of ether oxygens (including phenoxy) is 2. The predicted octanol–water partition coefficient (Wildman–Crippen LogP) is 0.709. The fraction of sp³-hybridized carbons (Fsp3) is 0.286. The van der Waals surface area contributed by atoms with Gasteiger partial charge in [-0.25, -0.2) is 4.79 Å². The van der Waals surface area contributed by atoms with Gasteiger partial charge >= 0.3 is 5.97 Å². The minimum atomic E-state index is -1.32. The molecular formula is C14H15NO6. The molecule has 0 bridgehead atoms. The van der Waals surface area contributed by atoms with Crippen LogP contribution in [0.2, 0.25) is 0 Å². The molecule has 1 aromatic carbocycles. The molecule has 2 rings (SSSR count). The summed E-state index contributed by atoms with van der Waals surface area (Å²) in [5, 5.41) is 18.4. The number of hydrogen-bond acceptors (Lipinski definition) is 5. The third-order valence-corrected chi connectivity index (χ3v) is 3.16. The number of carboxylic acid groups (broad SMARTS) is 1. The number of nitrogens with zero attached hydrogens (tertiary/aromatic N) is 1. The lowest BCUT2D eigenvalue weighted by atomic mass is 10.1. The van der Waals surface area contributed by atoms with Crippen molar-refractivity contribution in [2.75, 3.05) is 20.8 Å². The zero-order chi connectivity index (χ0) is 15.6. The van der Waals surface area contributed by atoms with Crippen LogP contribution in [0.15, 0.2) is 23.1 Å². The first-order chi connectivity index (χ1) is 10.0. The molecule has 7 nitrogen and oxygen atoms in total. The fourth-order valence-electron chi connectivity index (χ4n) is 2.16. The standard InChI is InChI=1S/C14H15NO6/c1-20-11-5-8-10(6-12(11)21-2)15(3-4-16)7-9(13(8)17)14(18)19/h5-7,16H,3-4H2,1-2H3,(H,18,19). The SMILES string of the molecule is COc1cc2c(=O)c(C(=O)O)cn(CCO)c2cc1OC. The lowest BCUT2D eigenvalue weighted by Gasteiger charge is -2.14. The van der Waals surface area contributed by atoms with Crippen LogP contribution in [-0.4, -0.2) is 41.6 Å². The van der Waals surface area contributed by atoms with Gasteiger partial charge in [0.15, 0.2) is 11.5 Å². The maximum Gasteiger partial charge on any atom is 0.341 e. The maximum absolute atomic E-state index is 12.2. The first-order valence-electron chi connectivity index (χ1n) is 6.16. The van der Waals surface area contributed by atoms with Crippen molar-refractivity contribution in [3.63, 3.8) is 0 Å². The molecule has 7 heteroatoms. The van der Waals surface area contributed by atoms with E-state index in [4.69, 9.17) is 19.7 Å². The van der Waals surface area contributed by atoms with Crippen LogP contribution in [0.5, 0.6) is 11.5 Å². The van der Waals surface area contributed by atoms with Crippen molar-refractivity contribution in [3.05, 3.63) is 34.1 Å². The molecule has 0 aliphatic heterocycles. The molecule has 0 unspecified atom stereocenters. The number of rotatable bonds is 5. The Morgan fingerprint density at radius 1 is 1.24 bits per heavy atom. The van der Waals surface area contributed by atoms with E-state index >= 15 is 0 Å². The second-order valence-electron chi connectivity index (χ2n) is 4.32. The number of benzene rings is 1. The minimum absolute atomic E-state index is 0.159. The molecular weight excluding hydrogens is 278 g/mol. The van der Waals surface area contributed by atoms with Crippen molar-refractivity contribution in [1.29, 1.82) is 0 Å². The number of carbonyl (C=O) groups is 1. The minimum Gasteiger partial charge on any atom is -0.493 e. The van der Waals surface area contributed by atoms with Crippen molar-refractivity contribution in [2.45, 2.75) is 6.54 Å². The van der Waals surface area contributed by atoms with E-state index in [1.165, 1.54) is 31.0 Å². The van der Waals surface area contributed by atoms with Crippen LogP contribution in [-0.2, 0) is 6.54 Å². The Balaban J connectivity index is 2.90. The largest absolute Gasteiger partial charge is 0.493 e. The van der Waals surface area contributed by atoms with Crippen LogP contribution in [0.3, 0.4) is 0 Å². The number of aliphatic hydroxyl groups is 1. The molecule has 21 heavy (non-hydrogen) atoms. The highest BCUT2D eigenvalue weighted by molar-refractivity contribution is 5.93. The Bertz CT molecular complexity index is 749. The van der Waals surface area contributed by atoms with Gasteiger partial charge in [0.25, 0.3) is 0 Å². The van der Waals surface area contributed by atoms with Crippen molar-refractivity contribution in [3.8, 4) is 11.5 Å². The lowest BCUT2D eigenvalue weighted by molar-refractivity contribution is 0.0694. The van der Waals surface area contributed by atoms with Gasteiger partial charge in [-0.15, -0.1) is 0 Å². The summed E-state index contributed by atoms with van der Waals surface area (Å²) < 4.78 is 11.8. The van der Waals surface area contributed by atoms with E-state index in [0.717, 1.165) is 0 Å². The summed E-state index contributed by atoms with van der Waals surface area (Å²) in [6.45, 7) is -0.0298. The average molecular weight is 293 g/mol. The number of aromatic nitrogens is 1. The smallest absolute Gasteiger partial charge is 0.341 e. The molecule has 0 saturated heterocycles. The fourth-order valence-corrected chi connectivity index (χ4v) is 2.16. The van der Waals surface area contributed by atoms with Gasteiger partial charge in [0.05, 0.1) is 31.7 Å². The van der Waals surface area contributed by atoms with Crippen molar-refractivity contribution >= 4 is 16.9 Å². The molecule has 2 aromatic rings. The van der Waals surface area contributed by atoms with E-state index < -0.39 is 11.4 Å². The molecule has 0 saturated carbocycles. The summed E-state index contributed by atoms with van der Waals surface area (Å²) in [5.74, 6) is -0.567. The Hall–Kier alpha value is -2.54. The molecule has 0 atom stereocenters. The summed E-state index contributed by atoms with van der Waals surface area (Å²) in [7, 11) is 2.89. The quantitative estimate of drug-likeness (QED) is 0.842. The van der Waals surface area contributed by atoms with Crippen LogP contribution in [0.1, 0.15) is 10.4 Å². The van der Waals surface area contributed by atoms with E-state index in [9.17, 15) is 9.59 Å². The zero-order valence-corrected chi connectivity index (χ0v) is 11.6. The molecule has 2 N–H and O–H groups in total.